The van der Waals surface area contributed by atoms with Gasteiger partial charge >= 0.3 is 0 Å². The summed E-state index contributed by atoms with van der Waals surface area (Å²) in [5.41, 5.74) is 5.62. The third-order valence-electron chi connectivity index (χ3n) is 1.61. The zero-order valence-electron chi connectivity index (χ0n) is 6.62. The molecule has 4 N–H and O–H groups in total. The first-order valence-corrected chi connectivity index (χ1v) is 3.62. The van der Waals surface area contributed by atoms with Gasteiger partial charge in [-0.3, -0.25) is 0 Å². The summed E-state index contributed by atoms with van der Waals surface area (Å²) < 4.78 is 0. The van der Waals surface area contributed by atoms with E-state index in [4.69, 9.17) is 15.9 Å². The van der Waals surface area contributed by atoms with Gasteiger partial charge in [0.25, 0.3) is 0 Å². The summed E-state index contributed by atoms with van der Waals surface area (Å²) in [6.07, 6.45) is -0.175. The highest BCUT2D eigenvalue weighted by Crippen LogP contribution is 2.05. The predicted molar refractivity (Wildman–Crippen MR) is 40.5 cm³/mol. The normalized spacial score (nSPS) is 17.4. The molecule has 0 amide bonds. The lowest BCUT2D eigenvalue weighted by Gasteiger charge is -2.17. The van der Waals surface area contributed by atoms with Gasteiger partial charge < -0.3 is 15.9 Å². The minimum absolute atomic E-state index is 0.0119. The minimum Gasteiger partial charge on any atom is -0.394 e. The molecule has 0 aromatic heterocycles. The van der Waals surface area contributed by atoms with Crippen LogP contribution in [-0.2, 0) is 0 Å². The van der Waals surface area contributed by atoms with E-state index in [2.05, 4.69) is 0 Å². The van der Waals surface area contributed by atoms with E-state index >= 15 is 0 Å². The van der Waals surface area contributed by atoms with Crippen LogP contribution in [0, 0.1) is 5.92 Å². The fourth-order valence-corrected chi connectivity index (χ4v) is 0.661. The Bertz CT molecular complexity index is 85.7. The fourth-order valence-electron chi connectivity index (χ4n) is 0.661. The van der Waals surface area contributed by atoms with Gasteiger partial charge in [-0.05, 0) is 12.3 Å². The Kier molecular flexibility index (Phi) is 4.60. The van der Waals surface area contributed by atoms with E-state index in [0.29, 0.717) is 12.3 Å². The molecule has 0 aliphatic heterocycles. The van der Waals surface area contributed by atoms with Crippen LogP contribution in [0.4, 0.5) is 0 Å². The zero-order chi connectivity index (χ0) is 8.15. The number of aliphatic hydroxyl groups is 2. The van der Waals surface area contributed by atoms with Crippen molar-refractivity contribution >= 4 is 0 Å². The van der Waals surface area contributed by atoms with Gasteiger partial charge in [0.2, 0.25) is 0 Å². The van der Waals surface area contributed by atoms with E-state index < -0.39 is 6.10 Å². The summed E-state index contributed by atoms with van der Waals surface area (Å²) in [7, 11) is 0. The number of hydrogen-bond donors (Lipinski definition) is 3. The van der Waals surface area contributed by atoms with Crippen molar-refractivity contribution in [2.45, 2.75) is 32.4 Å². The first-order valence-electron chi connectivity index (χ1n) is 3.62. The van der Waals surface area contributed by atoms with Crippen molar-refractivity contribution in [3.63, 3.8) is 0 Å². The maximum Gasteiger partial charge on any atom is 0.0785 e. The minimum atomic E-state index is -0.655. The molecule has 0 saturated carbocycles. The molecule has 2 atom stereocenters. The van der Waals surface area contributed by atoms with Crippen molar-refractivity contribution < 1.29 is 10.2 Å². The largest absolute Gasteiger partial charge is 0.394 e. The van der Waals surface area contributed by atoms with Crippen LogP contribution in [0.25, 0.3) is 0 Å². The molecule has 0 saturated heterocycles. The van der Waals surface area contributed by atoms with Crippen LogP contribution >= 0.6 is 0 Å². The monoisotopic (exact) mass is 147 g/mol. The summed E-state index contributed by atoms with van der Waals surface area (Å²) in [6.45, 7) is 3.80. The molecule has 0 aromatic carbocycles. The molecule has 0 fully saturated rings. The Balaban J connectivity index is 3.46. The van der Waals surface area contributed by atoms with Gasteiger partial charge in [-0.2, -0.15) is 0 Å². The fraction of sp³-hybridized carbons (Fsp3) is 1.00. The highest BCUT2D eigenvalue weighted by Gasteiger charge is 2.12. The average Bonchev–Trinajstić information content (AvgIpc) is 1.87. The Hall–Kier alpha value is -0.120. The maximum absolute atomic E-state index is 8.95. The van der Waals surface area contributed by atoms with Crippen LogP contribution < -0.4 is 5.73 Å². The van der Waals surface area contributed by atoms with E-state index in [1.165, 1.54) is 0 Å². The van der Waals surface area contributed by atoms with Gasteiger partial charge in [-0.25, -0.2) is 0 Å². The molecular formula is C7H17NO2. The zero-order valence-corrected chi connectivity index (χ0v) is 6.62. The van der Waals surface area contributed by atoms with E-state index in [-0.39, 0.29) is 12.6 Å². The number of hydrogen-bond acceptors (Lipinski definition) is 3. The Morgan fingerprint density at radius 3 is 2.20 bits per heavy atom. The van der Waals surface area contributed by atoms with Crippen molar-refractivity contribution in [2.75, 3.05) is 6.61 Å². The standard InChI is InChI=1S/C7H17NO2/c1-5(2)7(8)3-6(10)4-9/h5-7,9-10H,3-4,8H2,1-2H3. The maximum atomic E-state index is 8.95. The van der Waals surface area contributed by atoms with Crippen LogP contribution in [-0.4, -0.2) is 29.0 Å². The molecule has 10 heavy (non-hydrogen) atoms. The summed E-state index contributed by atoms with van der Waals surface area (Å²) >= 11 is 0. The van der Waals surface area contributed by atoms with Crippen LogP contribution in [0.1, 0.15) is 20.3 Å². The SMILES string of the molecule is CC(C)C(N)CC(O)CO. The lowest BCUT2D eigenvalue weighted by molar-refractivity contribution is 0.0785. The number of rotatable bonds is 4. The van der Waals surface area contributed by atoms with Crippen LogP contribution in [0.5, 0.6) is 0 Å². The van der Waals surface area contributed by atoms with Gasteiger partial charge in [0.05, 0.1) is 12.7 Å². The highest BCUT2D eigenvalue weighted by molar-refractivity contribution is 4.69. The van der Waals surface area contributed by atoms with Gasteiger partial charge in [0, 0.05) is 6.04 Å². The molecule has 0 bridgehead atoms. The summed E-state index contributed by atoms with van der Waals surface area (Å²) in [6, 6.07) is -0.0119. The average molecular weight is 147 g/mol. The highest BCUT2D eigenvalue weighted by atomic mass is 16.3. The second-order valence-electron chi connectivity index (χ2n) is 2.98. The first kappa shape index (κ1) is 9.88. The summed E-state index contributed by atoms with van der Waals surface area (Å²) in [5, 5.41) is 17.4. The number of aliphatic hydroxyl groups excluding tert-OH is 2. The number of nitrogens with two attached hydrogens (primary N) is 1. The molecular weight excluding hydrogens is 130 g/mol. The lowest BCUT2D eigenvalue weighted by Crippen LogP contribution is -2.32. The van der Waals surface area contributed by atoms with Crippen molar-refractivity contribution in [1.29, 1.82) is 0 Å². The van der Waals surface area contributed by atoms with Gasteiger partial charge in [-0.15, -0.1) is 0 Å². The molecule has 0 aliphatic rings. The van der Waals surface area contributed by atoms with Crippen LogP contribution in [0.15, 0.2) is 0 Å². The van der Waals surface area contributed by atoms with Crippen LogP contribution in [0.3, 0.4) is 0 Å². The third kappa shape index (κ3) is 3.82. The summed E-state index contributed by atoms with van der Waals surface area (Å²) in [4.78, 5) is 0. The molecule has 2 unspecified atom stereocenters. The molecule has 0 aromatic rings. The van der Waals surface area contributed by atoms with Gasteiger partial charge in [-0.1, -0.05) is 13.8 Å². The van der Waals surface area contributed by atoms with Gasteiger partial charge in [0.15, 0.2) is 0 Å². The predicted octanol–water partition coefficient (Wildman–Crippen LogP) is -0.287. The van der Waals surface area contributed by atoms with Crippen LogP contribution in [0.2, 0.25) is 0 Å². The lowest BCUT2D eigenvalue weighted by atomic mass is 9.99. The Morgan fingerprint density at radius 1 is 1.40 bits per heavy atom. The second kappa shape index (κ2) is 4.66. The quantitative estimate of drug-likeness (QED) is 0.512. The molecule has 0 aliphatic carbocycles. The molecule has 0 heterocycles. The van der Waals surface area contributed by atoms with E-state index in [0.717, 1.165) is 0 Å². The Morgan fingerprint density at radius 2 is 1.90 bits per heavy atom. The third-order valence-corrected chi connectivity index (χ3v) is 1.61. The van der Waals surface area contributed by atoms with E-state index in [1.807, 2.05) is 13.8 Å². The molecule has 62 valence electrons. The smallest absolute Gasteiger partial charge is 0.0785 e. The molecule has 0 rings (SSSR count). The van der Waals surface area contributed by atoms with Crippen molar-refractivity contribution in [2.24, 2.45) is 11.7 Å². The van der Waals surface area contributed by atoms with Gasteiger partial charge in [0.1, 0.15) is 0 Å². The Labute approximate surface area is 61.9 Å². The van der Waals surface area contributed by atoms with Crippen molar-refractivity contribution in [1.82, 2.24) is 0 Å². The molecule has 3 heteroatoms. The van der Waals surface area contributed by atoms with Crippen molar-refractivity contribution in [3.05, 3.63) is 0 Å². The molecule has 0 spiro atoms. The summed E-state index contributed by atoms with van der Waals surface area (Å²) in [5.74, 6) is 0.362. The molecule has 3 nitrogen and oxygen atoms in total. The van der Waals surface area contributed by atoms with E-state index in [1.54, 1.807) is 0 Å². The van der Waals surface area contributed by atoms with Crippen molar-refractivity contribution in [3.8, 4) is 0 Å². The second-order valence-corrected chi connectivity index (χ2v) is 2.98. The first-order chi connectivity index (χ1) is 4.57. The van der Waals surface area contributed by atoms with E-state index in [9.17, 15) is 0 Å². The topological polar surface area (TPSA) is 66.5 Å². The molecule has 0 radical (unpaired) electrons.